The normalized spacial score (nSPS) is 33.9. The van der Waals surface area contributed by atoms with Crippen LogP contribution >= 0.6 is 0 Å². The summed E-state index contributed by atoms with van der Waals surface area (Å²) in [5.74, 6) is 0. The number of rotatable bonds is 0. The van der Waals surface area contributed by atoms with Crippen LogP contribution in [0.5, 0.6) is 0 Å². The van der Waals surface area contributed by atoms with Crippen LogP contribution in [0.4, 0.5) is 4.79 Å². The van der Waals surface area contributed by atoms with Crippen molar-refractivity contribution in [2.24, 2.45) is 0 Å². The monoisotopic (exact) mass is 149 g/mol. The second-order valence-electron chi connectivity index (χ2n) is 2.71. The van der Waals surface area contributed by atoms with Gasteiger partial charge >= 0.3 is 6.03 Å². The number of nitrogens with zero attached hydrogens (tertiary/aromatic N) is 1. The molecule has 0 saturated carbocycles. The number of urea groups is 1. The lowest BCUT2D eigenvalue weighted by molar-refractivity contribution is 0.226. The Kier molecular flexibility index (Phi) is 1.24. The van der Waals surface area contributed by atoms with Crippen molar-refractivity contribution < 1.29 is 4.79 Å². The number of nitrogens with one attached hydrogen (secondary N) is 1. The molecule has 0 bridgehead atoms. The zero-order valence-electron chi connectivity index (χ0n) is 6.03. The van der Waals surface area contributed by atoms with E-state index in [2.05, 4.69) is 12.4 Å². The van der Waals surface area contributed by atoms with Gasteiger partial charge in [0.15, 0.2) is 0 Å². The minimum Gasteiger partial charge on any atom is -0.329 e. The Morgan fingerprint density at radius 2 is 2.18 bits per heavy atom. The van der Waals surface area contributed by atoms with Crippen LogP contribution in [0, 0.1) is 7.05 Å². The predicted octanol–water partition coefficient (Wildman–Crippen LogP) is 0.666. The Balaban J connectivity index is 2.27. The summed E-state index contributed by atoms with van der Waals surface area (Å²) in [5, 5.41) is 2.79. The van der Waals surface area contributed by atoms with Crippen LogP contribution in [0.2, 0.25) is 0 Å². The molecule has 1 radical (unpaired) electrons. The molecule has 2 rings (SSSR count). The average Bonchev–Trinajstić information content (AvgIpc) is 2.30. The molecule has 1 fully saturated rings. The molecule has 1 aliphatic carbocycles. The second-order valence-corrected chi connectivity index (χ2v) is 2.71. The highest BCUT2D eigenvalue weighted by Crippen LogP contribution is 2.17. The van der Waals surface area contributed by atoms with Crippen LogP contribution in [-0.4, -0.2) is 23.0 Å². The Morgan fingerprint density at radius 1 is 1.45 bits per heavy atom. The molecule has 0 aromatic carbocycles. The zero-order valence-corrected chi connectivity index (χ0v) is 6.03. The third-order valence-corrected chi connectivity index (χ3v) is 2.02. The van der Waals surface area contributed by atoms with Gasteiger partial charge in [-0.25, -0.2) is 4.79 Å². The van der Waals surface area contributed by atoms with Crippen molar-refractivity contribution >= 4 is 6.03 Å². The molecule has 1 aliphatic heterocycles. The third-order valence-electron chi connectivity index (χ3n) is 2.02. The highest BCUT2D eigenvalue weighted by molar-refractivity contribution is 5.79. The second kappa shape index (κ2) is 2.12. The summed E-state index contributed by atoms with van der Waals surface area (Å²) in [5.41, 5.74) is 0. The van der Waals surface area contributed by atoms with Crippen molar-refractivity contribution in [3.63, 3.8) is 0 Å². The Labute approximate surface area is 65.4 Å². The molecule has 2 amide bonds. The number of carbonyl (C=O) groups is 1. The van der Waals surface area contributed by atoms with Gasteiger partial charge in [-0.2, -0.15) is 0 Å². The summed E-state index contributed by atoms with van der Waals surface area (Å²) in [6.07, 6.45) is 7.80. The van der Waals surface area contributed by atoms with Gasteiger partial charge in [-0.3, -0.25) is 0 Å². The highest BCUT2D eigenvalue weighted by atomic mass is 16.2. The minimum atomic E-state index is -0.101. The van der Waals surface area contributed by atoms with Gasteiger partial charge in [-0.05, 0) is 0 Å². The van der Waals surface area contributed by atoms with E-state index in [-0.39, 0.29) is 18.1 Å². The first-order valence-corrected chi connectivity index (χ1v) is 3.54. The molecule has 2 aliphatic rings. The van der Waals surface area contributed by atoms with E-state index in [1.165, 1.54) is 4.90 Å². The summed E-state index contributed by atoms with van der Waals surface area (Å²) < 4.78 is 0. The molecule has 2 atom stereocenters. The third kappa shape index (κ3) is 0.843. The largest absolute Gasteiger partial charge is 0.329 e. The van der Waals surface area contributed by atoms with Gasteiger partial charge in [0, 0.05) is 7.05 Å². The molecular weight excluding hydrogens is 140 g/mol. The van der Waals surface area contributed by atoms with Gasteiger partial charge in [0.05, 0.1) is 12.1 Å². The van der Waals surface area contributed by atoms with Crippen LogP contribution in [0.1, 0.15) is 0 Å². The molecule has 1 saturated heterocycles. The molecule has 2 unspecified atom stereocenters. The number of allylic oxidation sites excluding steroid dienone is 2. The van der Waals surface area contributed by atoms with Crippen molar-refractivity contribution in [3.8, 4) is 0 Å². The smallest absolute Gasteiger partial charge is 0.318 e. The maximum absolute atomic E-state index is 11.0. The van der Waals surface area contributed by atoms with Crippen LogP contribution < -0.4 is 5.32 Å². The van der Waals surface area contributed by atoms with Crippen LogP contribution in [0.25, 0.3) is 0 Å². The van der Waals surface area contributed by atoms with Crippen molar-refractivity contribution in [3.05, 3.63) is 31.4 Å². The molecule has 0 spiro atoms. The number of hydrogen-bond donors (Lipinski definition) is 1. The van der Waals surface area contributed by atoms with E-state index >= 15 is 0 Å². The van der Waals surface area contributed by atoms with Crippen LogP contribution in [0.3, 0.4) is 0 Å². The van der Waals surface area contributed by atoms with Crippen molar-refractivity contribution in [2.45, 2.75) is 12.1 Å². The summed E-state index contributed by atoms with van der Waals surface area (Å²) in [6.45, 7) is 0. The quantitative estimate of drug-likeness (QED) is 0.539. The van der Waals surface area contributed by atoms with E-state index in [9.17, 15) is 4.79 Å². The first-order valence-electron chi connectivity index (χ1n) is 3.54. The molecule has 3 nitrogen and oxygen atoms in total. The van der Waals surface area contributed by atoms with Crippen LogP contribution in [0.15, 0.2) is 24.3 Å². The average molecular weight is 149 g/mol. The first-order chi connectivity index (χ1) is 5.29. The van der Waals surface area contributed by atoms with Crippen molar-refractivity contribution in [2.75, 3.05) is 0 Å². The van der Waals surface area contributed by atoms with E-state index in [1.54, 1.807) is 0 Å². The SMILES string of the molecule is [CH2]N1C(=O)NC2C=CC=CC21. The lowest BCUT2D eigenvalue weighted by atomic mass is 10.0. The van der Waals surface area contributed by atoms with Gasteiger partial charge in [0.1, 0.15) is 0 Å². The molecule has 3 heteroatoms. The van der Waals surface area contributed by atoms with Crippen molar-refractivity contribution in [1.82, 2.24) is 10.2 Å². The van der Waals surface area contributed by atoms with E-state index < -0.39 is 0 Å². The van der Waals surface area contributed by atoms with E-state index in [0.29, 0.717) is 0 Å². The first kappa shape index (κ1) is 6.46. The Bertz CT molecular complexity index is 244. The van der Waals surface area contributed by atoms with Crippen LogP contribution in [-0.2, 0) is 0 Å². The molecule has 11 heavy (non-hydrogen) atoms. The zero-order chi connectivity index (χ0) is 7.84. The maximum atomic E-state index is 11.0. The molecule has 1 heterocycles. The van der Waals surface area contributed by atoms with E-state index in [0.717, 1.165) is 0 Å². The summed E-state index contributed by atoms with van der Waals surface area (Å²) in [7, 11) is 3.64. The number of carbonyl (C=O) groups excluding carboxylic acids is 1. The predicted molar refractivity (Wildman–Crippen MR) is 41.6 cm³/mol. The molecule has 1 N–H and O–H groups in total. The maximum Gasteiger partial charge on any atom is 0.318 e. The number of amides is 2. The lowest BCUT2D eigenvalue weighted by Gasteiger charge is -2.18. The van der Waals surface area contributed by atoms with Gasteiger partial charge in [-0.15, -0.1) is 0 Å². The molecule has 57 valence electrons. The summed E-state index contributed by atoms with van der Waals surface area (Å²) in [4.78, 5) is 12.5. The van der Waals surface area contributed by atoms with Crippen molar-refractivity contribution in [1.29, 1.82) is 0 Å². The lowest BCUT2D eigenvalue weighted by Crippen LogP contribution is -2.31. The fourth-order valence-electron chi connectivity index (χ4n) is 1.39. The topological polar surface area (TPSA) is 32.3 Å². The van der Waals surface area contributed by atoms with Gasteiger partial charge in [0.25, 0.3) is 0 Å². The fraction of sp³-hybridized carbons (Fsp3) is 0.250. The summed E-state index contributed by atoms with van der Waals surface area (Å²) in [6, 6.07) is 0.119. The molecule has 0 aromatic heterocycles. The van der Waals surface area contributed by atoms with Gasteiger partial charge in [0.2, 0.25) is 0 Å². The highest BCUT2D eigenvalue weighted by Gasteiger charge is 2.34. The number of hydrogen-bond acceptors (Lipinski definition) is 1. The summed E-state index contributed by atoms with van der Waals surface area (Å²) >= 11 is 0. The van der Waals surface area contributed by atoms with E-state index in [1.807, 2.05) is 24.3 Å². The standard InChI is InChI=1S/C8H9N2O/c1-10-7-5-3-2-4-6(7)9-8(10)11/h2-7H,1H2,(H,9,11). The Hall–Kier alpha value is -1.25. The molecule has 0 aromatic rings. The van der Waals surface area contributed by atoms with Gasteiger partial charge < -0.3 is 10.2 Å². The van der Waals surface area contributed by atoms with E-state index in [4.69, 9.17) is 0 Å². The van der Waals surface area contributed by atoms with Gasteiger partial charge in [-0.1, -0.05) is 24.3 Å². The number of fused-ring (bicyclic) bond motifs is 1. The molecular formula is C8H9N2O. The Morgan fingerprint density at radius 3 is 2.91 bits per heavy atom. The minimum absolute atomic E-state index is 0.101. The fourth-order valence-corrected chi connectivity index (χ4v) is 1.39.